The molecule has 1 aliphatic rings. The average Bonchev–Trinajstić information content (AvgIpc) is 2.81. The molecule has 1 N–H and O–H groups in total. The van der Waals surface area contributed by atoms with Gasteiger partial charge in [-0.2, -0.15) is 0 Å². The maximum atomic E-state index is 13.5. The molecule has 0 saturated carbocycles. The van der Waals surface area contributed by atoms with Crippen LogP contribution in [0.3, 0.4) is 0 Å². The van der Waals surface area contributed by atoms with Gasteiger partial charge in [-0.3, -0.25) is 4.79 Å². The van der Waals surface area contributed by atoms with Gasteiger partial charge in [0.25, 0.3) is 0 Å². The van der Waals surface area contributed by atoms with Crippen LogP contribution in [0.4, 0.5) is 8.78 Å². The van der Waals surface area contributed by atoms with Gasteiger partial charge in [0, 0.05) is 25.2 Å². The summed E-state index contributed by atoms with van der Waals surface area (Å²) in [6, 6.07) is 3.52. The predicted octanol–water partition coefficient (Wildman–Crippen LogP) is 1.72. The Morgan fingerprint density at radius 2 is 2.26 bits per heavy atom. The van der Waals surface area contributed by atoms with Crippen molar-refractivity contribution >= 4 is 5.91 Å². The molecule has 0 aliphatic carbocycles. The van der Waals surface area contributed by atoms with Gasteiger partial charge < -0.3 is 10.2 Å². The quantitative estimate of drug-likeness (QED) is 0.901. The molecular formula is C14H18F2N2O. The van der Waals surface area contributed by atoms with Crippen molar-refractivity contribution < 1.29 is 13.6 Å². The first-order valence-electron chi connectivity index (χ1n) is 6.50. The zero-order valence-corrected chi connectivity index (χ0v) is 11.0. The van der Waals surface area contributed by atoms with E-state index >= 15 is 0 Å². The molecule has 1 heterocycles. The fourth-order valence-electron chi connectivity index (χ4n) is 2.54. The molecule has 0 bridgehead atoms. The number of amides is 1. The SMILES string of the molecule is CNCC1CCCN1C(=O)Cc1ccc(F)cc1F. The molecule has 1 saturated heterocycles. The third-order valence-corrected chi connectivity index (χ3v) is 3.49. The number of nitrogens with one attached hydrogen (secondary N) is 1. The van der Waals surface area contributed by atoms with Crippen LogP contribution in [-0.2, 0) is 11.2 Å². The van der Waals surface area contributed by atoms with Gasteiger partial charge in [-0.25, -0.2) is 8.78 Å². The van der Waals surface area contributed by atoms with Crippen molar-refractivity contribution in [1.29, 1.82) is 0 Å². The van der Waals surface area contributed by atoms with Crippen molar-refractivity contribution in [2.75, 3.05) is 20.1 Å². The van der Waals surface area contributed by atoms with Crippen molar-refractivity contribution in [2.24, 2.45) is 0 Å². The molecular weight excluding hydrogens is 250 g/mol. The van der Waals surface area contributed by atoms with E-state index in [2.05, 4.69) is 5.32 Å². The molecule has 1 amide bonds. The molecule has 1 aliphatic heterocycles. The zero-order chi connectivity index (χ0) is 13.8. The smallest absolute Gasteiger partial charge is 0.227 e. The number of nitrogens with zero attached hydrogens (tertiary/aromatic N) is 1. The lowest BCUT2D eigenvalue weighted by molar-refractivity contribution is -0.131. The molecule has 0 spiro atoms. The van der Waals surface area contributed by atoms with Crippen LogP contribution in [0.15, 0.2) is 18.2 Å². The van der Waals surface area contributed by atoms with Crippen LogP contribution >= 0.6 is 0 Å². The first-order valence-corrected chi connectivity index (χ1v) is 6.50. The summed E-state index contributed by atoms with van der Waals surface area (Å²) in [5.74, 6) is -1.37. The number of likely N-dealkylation sites (tertiary alicyclic amines) is 1. The van der Waals surface area contributed by atoms with Crippen LogP contribution in [0.5, 0.6) is 0 Å². The van der Waals surface area contributed by atoms with Crippen molar-refractivity contribution in [3.8, 4) is 0 Å². The van der Waals surface area contributed by atoms with Crippen molar-refractivity contribution in [3.63, 3.8) is 0 Å². The van der Waals surface area contributed by atoms with Crippen molar-refractivity contribution in [3.05, 3.63) is 35.4 Å². The Labute approximate surface area is 111 Å². The van der Waals surface area contributed by atoms with Crippen LogP contribution < -0.4 is 5.32 Å². The summed E-state index contributed by atoms with van der Waals surface area (Å²) in [6.45, 7) is 1.46. The Balaban J connectivity index is 2.04. The summed E-state index contributed by atoms with van der Waals surface area (Å²) in [6.07, 6.45) is 1.94. The molecule has 104 valence electrons. The van der Waals surface area contributed by atoms with Gasteiger partial charge in [-0.05, 0) is 31.5 Å². The topological polar surface area (TPSA) is 32.3 Å². The summed E-state index contributed by atoms with van der Waals surface area (Å²) >= 11 is 0. The number of carbonyl (C=O) groups excluding carboxylic acids is 1. The third-order valence-electron chi connectivity index (χ3n) is 3.49. The first-order chi connectivity index (χ1) is 9.11. The van der Waals surface area contributed by atoms with Gasteiger partial charge in [0.15, 0.2) is 0 Å². The molecule has 0 aromatic heterocycles. The van der Waals surface area contributed by atoms with Crippen LogP contribution in [0.1, 0.15) is 18.4 Å². The first kappa shape index (κ1) is 13.9. The molecule has 3 nitrogen and oxygen atoms in total. The summed E-state index contributed by atoms with van der Waals surface area (Å²) in [5, 5.41) is 3.06. The summed E-state index contributed by atoms with van der Waals surface area (Å²) in [7, 11) is 1.85. The molecule has 1 aromatic rings. The molecule has 1 unspecified atom stereocenters. The Morgan fingerprint density at radius 1 is 1.47 bits per heavy atom. The lowest BCUT2D eigenvalue weighted by atomic mass is 10.1. The van der Waals surface area contributed by atoms with Gasteiger partial charge >= 0.3 is 0 Å². The van der Waals surface area contributed by atoms with Gasteiger partial charge in [0.05, 0.1) is 6.42 Å². The molecule has 1 fully saturated rings. The molecule has 5 heteroatoms. The number of benzene rings is 1. The molecule has 1 aromatic carbocycles. The van der Waals surface area contributed by atoms with E-state index in [-0.39, 0.29) is 23.9 Å². The minimum absolute atomic E-state index is 0.00761. The number of rotatable bonds is 4. The van der Waals surface area contributed by atoms with E-state index in [1.807, 2.05) is 7.05 Å². The van der Waals surface area contributed by atoms with E-state index in [0.717, 1.165) is 25.5 Å². The van der Waals surface area contributed by atoms with Crippen LogP contribution in [0, 0.1) is 11.6 Å². The lowest BCUT2D eigenvalue weighted by Gasteiger charge is -2.24. The van der Waals surface area contributed by atoms with Crippen LogP contribution in [0.25, 0.3) is 0 Å². The van der Waals surface area contributed by atoms with Crippen LogP contribution in [0.2, 0.25) is 0 Å². The number of hydrogen-bond acceptors (Lipinski definition) is 2. The third kappa shape index (κ3) is 3.29. The van der Waals surface area contributed by atoms with E-state index in [4.69, 9.17) is 0 Å². The maximum Gasteiger partial charge on any atom is 0.227 e. The Morgan fingerprint density at radius 3 is 2.95 bits per heavy atom. The second-order valence-electron chi connectivity index (χ2n) is 4.85. The highest BCUT2D eigenvalue weighted by Gasteiger charge is 2.28. The molecule has 1 atom stereocenters. The maximum absolute atomic E-state index is 13.5. The molecule has 2 rings (SSSR count). The van der Waals surface area contributed by atoms with Gasteiger partial charge in [-0.15, -0.1) is 0 Å². The number of carbonyl (C=O) groups is 1. The van der Waals surface area contributed by atoms with E-state index in [9.17, 15) is 13.6 Å². The van der Waals surface area contributed by atoms with E-state index in [0.29, 0.717) is 6.54 Å². The monoisotopic (exact) mass is 268 g/mol. The van der Waals surface area contributed by atoms with E-state index < -0.39 is 11.6 Å². The van der Waals surface area contributed by atoms with E-state index in [1.54, 1.807) is 4.90 Å². The zero-order valence-electron chi connectivity index (χ0n) is 11.0. The highest BCUT2D eigenvalue weighted by Crippen LogP contribution is 2.19. The highest BCUT2D eigenvalue weighted by molar-refractivity contribution is 5.79. The molecule has 0 radical (unpaired) electrons. The van der Waals surface area contributed by atoms with Crippen molar-refractivity contribution in [1.82, 2.24) is 10.2 Å². The number of likely N-dealkylation sites (N-methyl/N-ethyl adjacent to an activating group) is 1. The molecule has 19 heavy (non-hydrogen) atoms. The standard InChI is InChI=1S/C14H18F2N2O/c1-17-9-12-3-2-6-18(12)14(19)7-10-4-5-11(15)8-13(10)16/h4-5,8,12,17H,2-3,6-7,9H2,1H3. The summed E-state index contributed by atoms with van der Waals surface area (Å²) in [4.78, 5) is 14.0. The fourth-order valence-corrected chi connectivity index (χ4v) is 2.54. The normalized spacial score (nSPS) is 18.9. The predicted molar refractivity (Wildman–Crippen MR) is 68.7 cm³/mol. The second kappa shape index (κ2) is 6.10. The Bertz CT molecular complexity index is 465. The van der Waals surface area contributed by atoms with Gasteiger partial charge in [0.1, 0.15) is 11.6 Å². The fraction of sp³-hybridized carbons (Fsp3) is 0.500. The van der Waals surface area contributed by atoms with Gasteiger partial charge in [0.2, 0.25) is 5.91 Å². The largest absolute Gasteiger partial charge is 0.338 e. The van der Waals surface area contributed by atoms with Crippen LogP contribution in [-0.4, -0.2) is 37.0 Å². The number of hydrogen-bond donors (Lipinski definition) is 1. The van der Waals surface area contributed by atoms with Gasteiger partial charge in [-0.1, -0.05) is 6.07 Å². The van der Waals surface area contributed by atoms with E-state index in [1.165, 1.54) is 12.1 Å². The average molecular weight is 268 g/mol. The minimum Gasteiger partial charge on any atom is -0.338 e. The lowest BCUT2D eigenvalue weighted by Crippen LogP contribution is -2.41. The number of halogens is 2. The summed E-state index contributed by atoms with van der Waals surface area (Å²) < 4.78 is 26.3. The highest BCUT2D eigenvalue weighted by atomic mass is 19.1. The minimum atomic E-state index is -0.655. The van der Waals surface area contributed by atoms with Crippen molar-refractivity contribution in [2.45, 2.75) is 25.3 Å². The Hall–Kier alpha value is -1.49. The summed E-state index contributed by atoms with van der Waals surface area (Å²) in [5.41, 5.74) is 0.251. The Kier molecular flexibility index (Phi) is 4.47. The second-order valence-corrected chi connectivity index (χ2v) is 4.85.